The minimum Gasteiger partial charge on any atom is -0.444 e. The smallest absolute Gasteiger partial charge is 0.416 e. The Bertz CT molecular complexity index is 1550. The van der Waals surface area contributed by atoms with Gasteiger partial charge in [-0.1, -0.05) is 24.3 Å². The van der Waals surface area contributed by atoms with Gasteiger partial charge in [-0.25, -0.2) is 9.97 Å². The number of benzene rings is 2. The van der Waals surface area contributed by atoms with E-state index in [1.807, 2.05) is 0 Å². The maximum atomic E-state index is 13.5. The van der Waals surface area contributed by atoms with Crippen molar-refractivity contribution in [2.24, 2.45) is 0 Å². The molecule has 9 nitrogen and oxygen atoms in total. The van der Waals surface area contributed by atoms with Gasteiger partial charge in [0.05, 0.1) is 35.6 Å². The first-order valence-corrected chi connectivity index (χ1v) is 12.7. The predicted molar refractivity (Wildman–Crippen MR) is 139 cm³/mol. The zero-order chi connectivity index (χ0) is 28.4. The Morgan fingerprint density at radius 1 is 1.15 bits per heavy atom. The molecule has 0 radical (unpaired) electrons. The molecule has 1 unspecified atom stereocenters. The fourth-order valence-corrected chi connectivity index (χ4v) is 4.53. The largest absolute Gasteiger partial charge is 0.444 e. The summed E-state index contributed by atoms with van der Waals surface area (Å²) < 4.78 is 45.2. The van der Waals surface area contributed by atoms with Crippen LogP contribution < -0.4 is 15.7 Å². The molecule has 0 aliphatic carbocycles. The molecule has 208 valence electrons. The molecule has 0 bridgehead atoms. The summed E-state index contributed by atoms with van der Waals surface area (Å²) in [6.07, 6.45) is -1.16. The summed E-state index contributed by atoms with van der Waals surface area (Å²) in [5.41, 5.74) is 1.51. The number of alkyl halides is 3. The van der Waals surface area contributed by atoms with Crippen LogP contribution in [0.3, 0.4) is 0 Å². The van der Waals surface area contributed by atoms with Crippen molar-refractivity contribution in [2.75, 3.05) is 18.5 Å². The lowest BCUT2D eigenvalue weighted by Crippen LogP contribution is -2.43. The molecule has 2 aromatic carbocycles. The third-order valence-corrected chi connectivity index (χ3v) is 6.67. The molecule has 12 heteroatoms. The number of nitrogens with one attached hydrogen (secondary N) is 1. The van der Waals surface area contributed by atoms with Gasteiger partial charge >= 0.3 is 6.18 Å². The first kappa shape index (κ1) is 27.0. The predicted octanol–water partition coefficient (Wildman–Crippen LogP) is 4.74. The molecule has 3 heterocycles. The van der Waals surface area contributed by atoms with E-state index in [4.69, 9.17) is 9.25 Å². The number of oxazole rings is 1. The quantitative estimate of drug-likeness (QED) is 0.353. The first-order valence-electron chi connectivity index (χ1n) is 12.7. The molecular formula is C28H26F3N5O4. The van der Waals surface area contributed by atoms with Crippen LogP contribution in [0.1, 0.15) is 52.6 Å². The third-order valence-electron chi connectivity index (χ3n) is 6.67. The van der Waals surface area contributed by atoms with Crippen LogP contribution in [0.15, 0.2) is 70.3 Å². The second-order valence-corrected chi connectivity index (χ2v) is 9.28. The van der Waals surface area contributed by atoms with Crippen molar-refractivity contribution in [2.45, 2.75) is 39.0 Å². The van der Waals surface area contributed by atoms with Crippen LogP contribution in [0, 0.1) is 0 Å². The number of nitrogens with zero attached hydrogens (tertiary/aromatic N) is 4. The third kappa shape index (κ3) is 5.42. The minimum absolute atomic E-state index is 0.0612. The fraction of sp³-hybridized carbons (Fsp3) is 0.286. The number of carbonyl (C=O) groups excluding carboxylic acids is 1. The second kappa shape index (κ2) is 10.9. The summed E-state index contributed by atoms with van der Waals surface area (Å²) in [7, 11) is 0. The zero-order valence-corrected chi connectivity index (χ0v) is 21.7. The zero-order valence-electron chi connectivity index (χ0n) is 21.7. The van der Waals surface area contributed by atoms with Crippen LogP contribution in [0.2, 0.25) is 0 Å². The van der Waals surface area contributed by atoms with Gasteiger partial charge in [0, 0.05) is 24.1 Å². The standard InChI is InChI=1S/C28H26F3N5O4/c1-3-40-36-26(38)22-15-35(25(37)20-6-4-19(5-7-20)24-14-32-16-39-24)13-12-23(22)34-27(36)33-17(2)18-8-10-21(11-9-18)28(29,30)31/h4-11,14,16-17H,3,12-13,15H2,1-2H3,(H,33,34). The van der Waals surface area contributed by atoms with E-state index >= 15 is 0 Å². The first-order chi connectivity index (χ1) is 19.2. The van der Waals surface area contributed by atoms with Crippen molar-refractivity contribution in [1.82, 2.24) is 19.6 Å². The maximum Gasteiger partial charge on any atom is 0.416 e. The molecular weight excluding hydrogens is 527 g/mol. The summed E-state index contributed by atoms with van der Waals surface area (Å²) in [6.45, 7) is 4.05. The Kier molecular flexibility index (Phi) is 7.33. The van der Waals surface area contributed by atoms with E-state index in [9.17, 15) is 22.8 Å². The molecule has 1 N–H and O–H groups in total. The highest BCUT2D eigenvalue weighted by Gasteiger charge is 2.31. The molecule has 1 atom stereocenters. The molecule has 4 aromatic rings. The van der Waals surface area contributed by atoms with Gasteiger partial charge in [-0.05, 0) is 43.7 Å². The average Bonchev–Trinajstić information content (AvgIpc) is 3.49. The highest BCUT2D eigenvalue weighted by molar-refractivity contribution is 5.94. The molecule has 0 saturated heterocycles. The number of aromatic nitrogens is 3. The van der Waals surface area contributed by atoms with Crippen LogP contribution in [-0.2, 0) is 19.1 Å². The Balaban J connectivity index is 1.36. The number of rotatable bonds is 7. The van der Waals surface area contributed by atoms with Gasteiger partial charge in [0.2, 0.25) is 5.95 Å². The summed E-state index contributed by atoms with van der Waals surface area (Å²) in [4.78, 5) is 42.4. The Morgan fingerprint density at radius 3 is 2.50 bits per heavy atom. The number of amides is 1. The number of carbonyl (C=O) groups is 1. The van der Waals surface area contributed by atoms with Crippen LogP contribution in [0.25, 0.3) is 11.3 Å². The highest BCUT2D eigenvalue weighted by Crippen LogP contribution is 2.30. The number of halogens is 3. The van der Waals surface area contributed by atoms with Crippen LogP contribution >= 0.6 is 0 Å². The topological polar surface area (TPSA) is 102 Å². The van der Waals surface area contributed by atoms with Gasteiger partial charge in [-0.3, -0.25) is 9.59 Å². The number of fused-ring (bicyclic) bond motifs is 1. The normalized spacial score (nSPS) is 14.0. The molecule has 40 heavy (non-hydrogen) atoms. The molecule has 0 saturated carbocycles. The maximum absolute atomic E-state index is 13.5. The summed E-state index contributed by atoms with van der Waals surface area (Å²) in [6, 6.07) is 11.2. The SMILES string of the molecule is CCOn1c(NC(C)c2ccc(C(F)(F)F)cc2)nc2c(c1=O)CN(C(=O)c1ccc(-c3cnco3)cc1)CC2. The van der Waals surface area contributed by atoms with Gasteiger partial charge in [0.15, 0.2) is 12.2 Å². The van der Waals surface area contributed by atoms with E-state index in [-0.39, 0.29) is 25.0 Å². The molecule has 1 aliphatic rings. The second-order valence-electron chi connectivity index (χ2n) is 9.28. The van der Waals surface area contributed by atoms with E-state index in [0.717, 1.165) is 22.4 Å². The van der Waals surface area contributed by atoms with Crippen molar-refractivity contribution in [3.63, 3.8) is 0 Å². The van der Waals surface area contributed by atoms with Crippen LogP contribution in [0.5, 0.6) is 0 Å². The van der Waals surface area contributed by atoms with Crippen molar-refractivity contribution in [3.05, 3.63) is 99.4 Å². The summed E-state index contributed by atoms with van der Waals surface area (Å²) in [5, 5.41) is 3.09. The monoisotopic (exact) mass is 553 g/mol. The highest BCUT2D eigenvalue weighted by atomic mass is 19.4. The van der Waals surface area contributed by atoms with Crippen molar-refractivity contribution in [1.29, 1.82) is 0 Å². The van der Waals surface area contributed by atoms with Crippen molar-refractivity contribution in [3.8, 4) is 11.3 Å². The van der Waals surface area contributed by atoms with Gasteiger partial charge in [0.1, 0.15) is 6.61 Å². The van der Waals surface area contributed by atoms with Gasteiger partial charge in [0.25, 0.3) is 11.5 Å². The summed E-state index contributed by atoms with van der Waals surface area (Å²) in [5.74, 6) is 0.501. The average molecular weight is 554 g/mol. The molecule has 1 amide bonds. The summed E-state index contributed by atoms with van der Waals surface area (Å²) >= 11 is 0. The molecule has 2 aromatic heterocycles. The van der Waals surface area contributed by atoms with Gasteiger partial charge in [-0.2, -0.15) is 13.2 Å². The van der Waals surface area contributed by atoms with E-state index in [0.29, 0.717) is 41.1 Å². The lowest BCUT2D eigenvalue weighted by molar-refractivity contribution is -0.137. The Morgan fingerprint density at radius 2 is 1.88 bits per heavy atom. The number of hydrogen-bond donors (Lipinski definition) is 1. The fourth-order valence-electron chi connectivity index (χ4n) is 4.53. The molecule has 0 spiro atoms. The van der Waals surface area contributed by atoms with E-state index in [1.54, 1.807) is 49.2 Å². The molecule has 0 fully saturated rings. The van der Waals surface area contributed by atoms with E-state index in [1.165, 1.54) is 18.5 Å². The Hall–Kier alpha value is -4.61. The minimum atomic E-state index is -4.43. The van der Waals surface area contributed by atoms with Gasteiger partial charge in [-0.15, -0.1) is 4.73 Å². The van der Waals surface area contributed by atoms with E-state index in [2.05, 4.69) is 15.3 Å². The lowest BCUT2D eigenvalue weighted by atomic mass is 10.0. The van der Waals surface area contributed by atoms with Crippen LogP contribution in [-0.4, -0.2) is 38.7 Å². The Labute approximate surface area is 227 Å². The number of hydrogen-bond acceptors (Lipinski definition) is 7. The van der Waals surface area contributed by atoms with Crippen molar-refractivity contribution < 1.29 is 27.2 Å². The lowest BCUT2D eigenvalue weighted by Gasteiger charge is -2.29. The van der Waals surface area contributed by atoms with Gasteiger partial charge < -0.3 is 19.5 Å². The number of anilines is 1. The molecule has 1 aliphatic heterocycles. The van der Waals surface area contributed by atoms with Crippen LogP contribution in [0.4, 0.5) is 19.1 Å². The molecule has 5 rings (SSSR count). The van der Waals surface area contributed by atoms with E-state index < -0.39 is 23.3 Å². The van der Waals surface area contributed by atoms with Crippen molar-refractivity contribution >= 4 is 11.9 Å².